The predicted octanol–water partition coefficient (Wildman–Crippen LogP) is 3.93. The fraction of sp³-hybridized carbons (Fsp3) is 0.312. The summed E-state index contributed by atoms with van der Waals surface area (Å²) in [6.07, 6.45) is 0. The Morgan fingerprint density at radius 1 is 1.33 bits per heavy atom. The van der Waals surface area contributed by atoms with E-state index in [2.05, 4.69) is 30.6 Å². The number of hydrogen-bond donors (Lipinski definition) is 2. The van der Waals surface area contributed by atoms with Crippen LogP contribution in [0.1, 0.15) is 35.1 Å². The van der Waals surface area contributed by atoms with Crippen molar-refractivity contribution in [2.45, 2.75) is 19.9 Å². The smallest absolute Gasteiger partial charge is 0.337 e. The number of methoxy groups -OCH3 is 1. The van der Waals surface area contributed by atoms with Gasteiger partial charge in [-0.1, -0.05) is 19.9 Å². The number of nitrogens with one attached hydrogen (secondary N) is 1. The van der Waals surface area contributed by atoms with Crippen molar-refractivity contribution in [1.82, 2.24) is 0 Å². The highest BCUT2D eigenvalue weighted by Gasteiger charge is 2.18. The molecular weight excluding hydrogens is 284 g/mol. The fourth-order valence-electron chi connectivity index (χ4n) is 2.13. The van der Waals surface area contributed by atoms with Crippen molar-refractivity contribution in [3.8, 4) is 0 Å². The Hall–Kier alpha value is -2.01. The predicted molar refractivity (Wildman–Crippen MR) is 87.7 cm³/mol. The average Bonchev–Trinajstić information content (AvgIpc) is 2.99. The van der Waals surface area contributed by atoms with E-state index in [0.29, 0.717) is 17.2 Å². The number of carbonyl (C=O) groups is 1. The molecule has 3 N–H and O–H groups in total. The monoisotopic (exact) mass is 304 g/mol. The maximum atomic E-state index is 11.6. The quantitative estimate of drug-likeness (QED) is 0.649. The molecule has 0 radical (unpaired) electrons. The van der Waals surface area contributed by atoms with E-state index < -0.39 is 0 Å². The van der Waals surface area contributed by atoms with Gasteiger partial charge in [-0.3, -0.25) is 0 Å². The molecule has 1 aromatic heterocycles. The van der Waals surface area contributed by atoms with E-state index in [0.717, 1.165) is 5.69 Å². The van der Waals surface area contributed by atoms with E-state index in [1.807, 2.05) is 6.07 Å². The second kappa shape index (κ2) is 6.63. The number of rotatable bonds is 5. The summed E-state index contributed by atoms with van der Waals surface area (Å²) in [5, 5.41) is 5.50. The van der Waals surface area contributed by atoms with Crippen LogP contribution in [0.4, 0.5) is 11.4 Å². The van der Waals surface area contributed by atoms with Gasteiger partial charge in [0.1, 0.15) is 0 Å². The first-order valence-corrected chi connectivity index (χ1v) is 7.68. The molecule has 0 saturated heterocycles. The second-order valence-electron chi connectivity index (χ2n) is 5.18. The number of ether oxygens (including phenoxy) is 1. The lowest BCUT2D eigenvalue weighted by molar-refractivity contribution is 0.0601. The molecule has 0 saturated carbocycles. The summed E-state index contributed by atoms with van der Waals surface area (Å²) < 4.78 is 4.75. The molecule has 112 valence electrons. The molecule has 0 bridgehead atoms. The van der Waals surface area contributed by atoms with Crippen molar-refractivity contribution in [2.75, 3.05) is 18.2 Å². The van der Waals surface area contributed by atoms with E-state index in [4.69, 9.17) is 10.5 Å². The Kier molecular flexibility index (Phi) is 4.85. The zero-order chi connectivity index (χ0) is 15.4. The lowest BCUT2D eigenvalue weighted by Crippen LogP contribution is -2.17. The fourth-order valence-corrected chi connectivity index (χ4v) is 3.08. The Morgan fingerprint density at radius 2 is 2.10 bits per heavy atom. The molecule has 0 fully saturated rings. The third kappa shape index (κ3) is 3.55. The van der Waals surface area contributed by atoms with Crippen LogP contribution >= 0.6 is 11.3 Å². The lowest BCUT2D eigenvalue weighted by atomic mass is 10.0. The highest BCUT2D eigenvalue weighted by molar-refractivity contribution is 7.10. The van der Waals surface area contributed by atoms with E-state index in [9.17, 15) is 4.79 Å². The first kappa shape index (κ1) is 15.4. The highest BCUT2D eigenvalue weighted by Crippen LogP contribution is 2.32. The number of thiophene rings is 1. The number of nitrogens with two attached hydrogens (primary N) is 1. The van der Waals surface area contributed by atoms with Gasteiger partial charge in [0.25, 0.3) is 0 Å². The van der Waals surface area contributed by atoms with Crippen LogP contribution < -0.4 is 11.1 Å². The molecule has 0 aliphatic carbocycles. The van der Waals surface area contributed by atoms with E-state index in [-0.39, 0.29) is 12.0 Å². The molecule has 1 unspecified atom stereocenters. The number of nitrogen functional groups attached to an aromatic ring is 1. The molecule has 2 aromatic rings. The molecule has 0 spiro atoms. The lowest BCUT2D eigenvalue weighted by Gasteiger charge is -2.23. The second-order valence-corrected chi connectivity index (χ2v) is 6.15. The molecule has 1 aromatic carbocycles. The third-order valence-corrected chi connectivity index (χ3v) is 4.26. The van der Waals surface area contributed by atoms with Gasteiger partial charge >= 0.3 is 5.97 Å². The van der Waals surface area contributed by atoms with Gasteiger partial charge in [-0.2, -0.15) is 0 Å². The van der Waals surface area contributed by atoms with Gasteiger partial charge in [0.05, 0.1) is 30.1 Å². The number of benzene rings is 1. The molecule has 0 aliphatic heterocycles. The minimum Gasteiger partial charge on any atom is -0.465 e. The van der Waals surface area contributed by atoms with Crippen molar-refractivity contribution in [2.24, 2.45) is 5.92 Å². The van der Waals surface area contributed by atoms with Crippen LogP contribution in [0.5, 0.6) is 0 Å². The van der Waals surface area contributed by atoms with Crippen LogP contribution in [0.3, 0.4) is 0 Å². The molecule has 1 atom stereocenters. The van der Waals surface area contributed by atoms with Crippen molar-refractivity contribution >= 4 is 28.7 Å². The van der Waals surface area contributed by atoms with Crippen molar-refractivity contribution in [3.05, 3.63) is 46.2 Å². The first-order chi connectivity index (χ1) is 10.0. The first-order valence-electron chi connectivity index (χ1n) is 6.80. The van der Waals surface area contributed by atoms with Crippen molar-refractivity contribution in [3.63, 3.8) is 0 Å². The van der Waals surface area contributed by atoms with Crippen LogP contribution in [0.2, 0.25) is 0 Å². The largest absolute Gasteiger partial charge is 0.465 e. The summed E-state index contributed by atoms with van der Waals surface area (Å²) in [6.45, 7) is 4.30. The van der Waals surface area contributed by atoms with Gasteiger partial charge in [0, 0.05) is 4.88 Å². The van der Waals surface area contributed by atoms with Crippen molar-refractivity contribution < 1.29 is 9.53 Å². The van der Waals surface area contributed by atoms with E-state index >= 15 is 0 Å². The topological polar surface area (TPSA) is 64.3 Å². The zero-order valence-electron chi connectivity index (χ0n) is 12.4. The Bertz CT molecular complexity index is 609. The molecule has 4 nitrogen and oxygen atoms in total. The van der Waals surface area contributed by atoms with Crippen molar-refractivity contribution in [1.29, 1.82) is 0 Å². The van der Waals surface area contributed by atoms with Crippen LogP contribution in [-0.4, -0.2) is 13.1 Å². The number of carbonyl (C=O) groups excluding carboxylic acids is 1. The van der Waals surface area contributed by atoms with E-state index in [1.165, 1.54) is 12.0 Å². The molecule has 1 heterocycles. The minimum atomic E-state index is -0.365. The summed E-state index contributed by atoms with van der Waals surface area (Å²) in [6, 6.07) is 9.42. The van der Waals surface area contributed by atoms with E-state index in [1.54, 1.807) is 29.5 Å². The van der Waals surface area contributed by atoms with Crippen LogP contribution in [0.15, 0.2) is 35.7 Å². The van der Waals surface area contributed by atoms with Gasteiger partial charge in [-0.05, 0) is 35.6 Å². The minimum absolute atomic E-state index is 0.153. The molecule has 2 rings (SSSR count). The van der Waals surface area contributed by atoms with Gasteiger partial charge in [-0.15, -0.1) is 11.3 Å². The van der Waals surface area contributed by atoms with Crippen LogP contribution in [-0.2, 0) is 4.74 Å². The summed E-state index contributed by atoms with van der Waals surface area (Å²) >= 11 is 1.70. The average molecular weight is 304 g/mol. The normalized spacial score (nSPS) is 12.2. The summed E-state index contributed by atoms with van der Waals surface area (Å²) in [7, 11) is 1.37. The molecule has 5 heteroatoms. The Balaban J connectivity index is 2.30. The van der Waals surface area contributed by atoms with Gasteiger partial charge in [0.15, 0.2) is 0 Å². The standard InChI is InChI=1S/C16H20N2O2S/c1-10(2)15(14-5-4-8-21-14)18-13-9-11(16(19)20-3)6-7-12(13)17/h4-10,15,18H,17H2,1-3H3. The SMILES string of the molecule is COC(=O)c1ccc(N)c(NC(c2cccs2)C(C)C)c1. The number of hydrogen-bond acceptors (Lipinski definition) is 5. The summed E-state index contributed by atoms with van der Waals surface area (Å²) in [4.78, 5) is 12.9. The zero-order valence-corrected chi connectivity index (χ0v) is 13.2. The van der Waals surface area contributed by atoms with Crippen LogP contribution in [0.25, 0.3) is 0 Å². The van der Waals surface area contributed by atoms with Gasteiger partial charge in [0.2, 0.25) is 0 Å². The Morgan fingerprint density at radius 3 is 2.67 bits per heavy atom. The summed E-state index contributed by atoms with van der Waals surface area (Å²) in [5.74, 6) is 0.0279. The van der Waals surface area contributed by atoms with Gasteiger partial charge < -0.3 is 15.8 Å². The molecule has 21 heavy (non-hydrogen) atoms. The Labute approximate surface area is 128 Å². The maximum absolute atomic E-state index is 11.6. The van der Waals surface area contributed by atoms with Crippen LogP contribution in [0, 0.1) is 5.92 Å². The molecule has 0 amide bonds. The maximum Gasteiger partial charge on any atom is 0.337 e. The number of esters is 1. The summed E-state index contributed by atoms with van der Waals surface area (Å²) in [5.41, 5.74) is 7.88. The molecule has 0 aliphatic rings. The van der Waals surface area contributed by atoms with Gasteiger partial charge in [-0.25, -0.2) is 4.79 Å². The number of anilines is 2. The highest BCUT2D eigenvalue weighted by atomic mass is 32.1. The molecular formula is C16H20N2O2S. The third-order valence-electron chi connectivity index (χ3n) is 3.30.